The fourth-order valence-corrected chi connectivity index (χ4v) is 2.18. The molecule has 0 amide bonds. The molecule has 0 atom stereocenters. The van der Waals surface area contributed by atoms with Gasteiger partial charge in [0.15, 0.2) is 0 Å². The van der Waals surface area contributed by atoms with Gasteiger partial charge in [-0.15, -0.1) is 0 Å². The third-order valence-electron chi connectivity index (χ3n) is 1.79. The maximum atomic E-state index is 10.2. The number of thioether (sulfide) groups is 1. The van der Waals surface area contributed by atoms with Crippen LogP contribution in [0.25, 0.3) is 0 Å². The molecule has 0 aliphatic carbocycles. The summed E-state index contributed by atoms with van der Waals surface area (Å²) in [5, 5.41) is 27.1. The average Bonchev–Trinajstić information content (AvgIpc) is 1.99. The first-order chi connectivity index (χ1) is 5.64. The second kappa shape index (κ2) is 4.43. The molecule has 2 N–H and O–H groups in total. The molecule has 71 valence electrons. The second-order valence-corrected chi connectivity index (χ2v) is 4.28. The molecule has 1 saturated heterocycles. The van der Waals surface area contributed by atoms with E-state index in [-0.39, 0.29) is 13.2 Å². The quantitative estimate of drug-likeness (QED) is 0.591. The van der Waals surface area contributed by atoms with Crippen LogP contribution in [0.15, 0.2) is 0 Å². The van der Waals surface area contributed by atoms with Crippen molar-refractivity contribution in [2.75, 3.05) is 32.0 Å². The van der Waals surface area contributed by atoms with E-state index in [1.165, 1.54) is 0 Å². The number of aliphatic hydroxyl groups is 2. The largest absolute Gasteiger partial charge is 0.356 e. The molecule has 0 saturated carbocycles. The van der Waals surface area contributed by atoms with Crippen molar-refractivity contribution in [1.82, 2.24) is 4.90 Å². The van der Waals surface area contributed by atoms with Gasteiger partial charge < -0.3 is 10.2 Å². The molecule has 0 spiro atoms. The van der Waals surface area contributed by atoms with Crippen LogP contribution in [0.1, 0.15) is 6.42 Å². The fraction of sp³-hybridized carbons (Fsp3) is 1.00. The van der Waals surface area contributed by atoms with Crippen molar-refractivity contribution >= 4 is 11.8 Å². The molecule has 1 heterocycles. The first kappa shape index (κ1) is 10.3. The lowest BCUT2D eigenvalue weighted by molar-refractivity contribution is -0.0991. The second-order valence-electron chi connectivity index (χ2n) is 2.93. The number of rotatable bonds is 3. The topological polar surface area (TPSA) is 63.6 Å². The molecule has 0 aromatic carbocycles. The fourth-order valence-electron chi connectivity index (χ4n) is 1.23. The molecule has 1 aliphatic heterocycles. The van der Waals surface area contributed by atoms with Crippen LogP contribution >= 0.6 is 11.8 Å². The van der Waals surface area contributed by atoms with E-state index in [0.717, 1.165) is 18.3 Å². The molecule has 1 rings (SSSR count). The highest BCUT2D eigenvalue weighted by Gasteiger charge is 2.30. The Hall–Kier alpha value is 0.190. The third-order valence-corrected chi connectivity index (χ3v) is 2.77. The lowest BCUT2D eigenvalue weighted by atomic mass is 10.3. The Morgan fingerprint density at radius 2 is 2.25 bits per heavy atom. The lowest BCUT2D eigenvalue weighted by Crippen LogP contribution is -2.46. The van der Waals surface area contributed by atoms with E-state index in [2.05, 4.69) is 0 Å². The third kappa shape index (κ3) is 3.28. The Kier molecular flexibility index (Phi) is 3.79. The first-order valence-corrected chi connectivity index (χ1v) is 5.02. The predicted octanol–water partition coefficient (Wildman–Crippen LogP) is -0.506. The standard InChI is InChI=1S/C7H14NO3S/c9-4-1-2-8-3-5-12-7(10,11)6-8/h10-11H,1-6H2. The van der Waals surface area contributed by atoms with E-state index in [1.54, 1.807) is 0 Å². The van der Waals surface area contributed by atoms with Crippen LogP contribution in [0.3, 0.4) is 0 Å². The average molecular weight is 192 g/mol. The van der Waals surface area contributed by atoms with E-state index >= 15 is 0 Å². The van der Waals surface area contributed by atoms with E-state index < -0.39 is 5.12 Å². The van der Waals surface area contributed by atoms with Crippen LogP contribution < -0.4 is 0 Å². The highest BCUT2D eigenvalue weighted by Crippen LogP contribution is 2.24. The molecular formula is C7H14NO3S. The Morgan fingerprint density at radius 1 is 1.50 bits per heavy atom. The van der Waals surface area contributed by atoms with Gasteiger partial charge in [-0.05, 0) is 6.42 Å². The van der Waals surface area contributed by atoms with Gasteiger partial charge in [-0.25, -0.2) is 5.11 Å². The normalized spacial score (nSPS) is 24.2. The number of nitrogens with zero attached hydrogens (tertiary/aromatic N) is 1. The van der Waals surface area contributed by atoms with Crippen molar-refractivity contribution in [1.29, 1.82) is 0 Å². The molecule has 0 aromatic heterocycles. The van der Waals surface area contributed by atoms with Gasteiger partial charge in [-0.3, -0.25) is 4.90 Å². The van der Waals surface area contributed by atoms with E-state index in [1.807, 2.05) is 4.90 Å². The van der Waals surface area contributed by atoms with Gasteiger partial charge in [-0.1, -0.05) is 11.8 Å². The summed E-state index contributed by atoms with van der Waals surface area (Å²) in [5.41, 5.74) is 0. The predicted molar refractivity (Wildman–Crippen MR) is 46.2 cm³/mol. The molecule has 12 heavy (non-hydrogen) atoms. The monoisotopic (exact) mass is 192 g/mol. The summed E-state index contributed by atoms with van der Waals surface area (Å²) in [6.45, 7) is 1.67. The molecule has 1 fully saturated rings. The minimum atomic E-state index is -1.61. The van der Waals surface area contributed by atoms with Crippen LogP contribution in [0, 0.1) is 0 Å². The van der Waals surface area contributed by atoms with Crippen LogP contribution in [0.4, 0.5) is 0 Å². The highest BCUT2D eigenvalue weighted by molar-refractivity contribution is 8.00. The smallest absolute Gasteiger partial charge is 0.226 e. The zero-order chi connectivity index (χ0) is 9.03. The highest BCUT2D eigenvalue weighted by atomic mass is 32.2. The van der Waals surface area contributed by atoms with Gasteiger partial charge in [0.05, 0.1) is 13.2 Å². The minimum absolute atomic E-state index is 0.0898. The van der Waals surface area contributed by atoms with Gasteiger partial charge in [-0.2, -0.15) is 0 Å². The number of hydrogen-bond donors (Lipinski definition) is 2. The summed E-state index contributed by atoms with van der Waals surface area (Å²) in [7, 11) is 0. The first-order valence-electron chi connectivity index (χ1n) is 4.03. The van der Waals surface area contributed by atoms with Crippen molar-refractivity contribution in [2.24, 2.45) is 0 Å². The molecule has 1 aliphatic rings. The summed E-state index contributed by atoms with van der Waals surface area (Å²) in [6.07, 6.45) is 0.584. The van der Waals surface area contributed by atoms with Crippen LogP contribution in [-0.2, 0) is 5.11 Å². The van der Waals surface area contributed by atoms with Crippen molar-refractivity contribution in [3.63, 3.8) is 0 Å². The Balaban J connectivity index is 2.26. The summed E-state index contributed by atoms with van der Waals surface area (Å²) >= 11 is 1.15. The lowest BCUT2D eigenvalue weighted by Gasteiger charge is -2.34. The zero-order valence-corrected chi connectivity index (χ0v) is 7.72. The number of hydrogen-bond acceptors (Lipinski definition) is 4. The SMILES string of the molecule is [O]CCCN1CCSC(O)(O)C1. The van der Waals surface area contributed by atoms with E-state index in [4.69, 9.17) is 0 Å². The van der Waals surface area contributed by atoms with Gasteiger partial charge in [0.2, 0.25) is 5.12 Å². The van der Waals surface area contributed by atoms with Crippen LogP contribution in [0.2, 0.25) is 0 Å². The molecule has 0 unspecified atom stereocenters. The molecule has 1 radical (unpaired) electrons. The summed E-state index contributed by atoms with van der Waals surface area (Å²) in [6, 6.07) is 0. The van der Waals surface area contributed by atoms with Gasteiger partial charge in [0.1, 0.15) is 0 Å². The summed E-state index contributed by atoms with van der Waals surface area (Å²) in [5.74, 6) is 0.714. The van der Waals surface area contributed by atoms with Crippen molar-refractivity contribution in [2.45, 2.75) is 11.5 Å². The minimum Gasteiger partial charge on any atom is -0.356 e. The van der Waals surface area contributed by atoms with Gasteiger partial charge in [0.25, 0.3) is 0 Å². The molecular weight excluding hydrogens is 178 g/mol. The maximum Gasteiger partial charge on any atom is 0.226 e. The van der Waals surface area contributed by atoms with Crippen LogP contribution in [-0.4, -0.2) is 52.2 Å². The van der Waals surface area contributed by atoms with Crippen molar-refractivity contribution in [3.05, 3.63) is 0 Å². The van der Waals surface area contributed by atoms with E-state index in [0.29, 0.717) is 18.7 Å². The van der Waals surface area contributed by atoms with Crippen molar-refractivity contribution < 1.29 is 15.3 Å². The molecule has 0 bridgehead atoms. The number of β-amino-alcohol motifs (C(OH)–C–C–N with tert-alkyl or cyclic N) is 2. The Morgan fingerprint density at radius 3 is 2.83 bits per heavy atom. The Bertz CT molecular complexity index is 143. The van der Waals surface area contributed by atoms with Crippen molar-refractivity contribution in [3.8, 4) is 0 Å². The maximum absolute atomic E-state index is 10.2. The molecule has 4 nitrogen and oxygen atoms in total. The zero-order valence-electron chi connectivity index (χ0n) is 6.90. The van der Waals surface area contributed by atoms with Crippen LogP contribution in [0.5, 0.6) is 0 Å². The van der Waals surface area contributed by atoms with Gasteiger partial charge >= 0.3 is 0 Å². The molecule has 5 heteroatoms. The summed E-state index contributed by atoms with van der Waals surface area (Å²) in [4.78, 5) is 1.91. The Labute approximate surface area is 76.2 Å². The molecule has 0 aromatic rings. The van der Waals surface area contributed by atoms with Gasteiger partial charge in [0, 0.05) is 18.8 Å². The van der Waals surface area contributed by atoms with E-state index in [9.17, 15) is 15.3 Å². The summed E-state index contributed by atoms with van der Waals surface area (Å²) < 4.78 is 0.